The van der Waals surface area contributed by atoms with Gasteiger partial charge in [0.15, 0.2) is 9.84 Å². The Balaban J connectivity index is 1.48. The molecule has 0 bridgehead atoms. The van der Waals surface area contributed by atoms with Crippen molar-refractivity contribution in [2.75, 3.05) is 25.6 Å². The van der Waals surface area contributed by atoms with Crippen LogP contribution in [0.2, 0.25) is 0 Å². The second-order valence-electron chi connectivity index (χ2n) is 7.72. The highest BCUT2D eigenvalue weighted by Gasteiger charge is 2.24. The minimum Gasteiger partial charge on any atom is -0.493 e. The van der Waals surface area contributed by atoms with Crippen LogP contribution in [0.25, 0.3) is 11.3 Å². The Labute approximate surface area is 180 Å². The molecule has 0 radical (unpaired) electrons. The maximum atomic E-state index is 12.6. The smallest absolute Gasteiger partial charge is 0.261 e. The number of aromatic nitrogens is 1. The zero-order valence-electron chi connectivity index (χ0n) is 16.9. The lowest BCUT2D eigenvalue weighted by atomic mass is 10.0. The van der Waals surface area contributed by atoms with E-state index in [4.69, 9.17) is 9.47 Å². The largest absolute Gasteiger partial charge is 0.493 e. The fraction of sp³-hybridized carbons (Fsp3) is 0.364. The number of sulfone groups is 1. The van der Waals surface area contributed by atoms with E-state index in [2.05, 4.69) is 10.3 Å². The Morgan fingerprint density at radius 1 is 1.16 bits per heavy atom. The van der Waals surface area contributed by atoms with Gasteiger partial charge in [-0.05, 0) is 49.1 Å². The molecular weight excluding hydrogens is 420 g/mol. The lowest BCUT2D eigenvalue weighted by Gasteiger charge is -2.22. The van der Waals surface area contributed by atoms with Gasteiger partial charge in [0, 0.05) is 24.2 Å². The maximum absolute atomic E-state index is 12.6. The quantitative estimate of drug-likeness (QED) is 0.703. The first-order chi connectivity index (χ1) is 14.9. The Morgan fingerprint density at radius 2 is 1.94 bits per heavy atom. The summed E-state index contributed by atoms with van der Waals surface area (Å²) in [5.41, 5.74) is 0.622. The molecule has 1 saturated heterocycles. The highest BCUT2D eigenvalue weighted by atomic mass is 32.2. The van der Waals surface area contributed by atoms with Gasteiger partial charge in [0.05, 0.1) is 24.1 Å². The van der Waals surface area contributed by atoms with E-state index in [9.17, 15) is 18.0 Å². The van der Waals surface area contributed by atoms with E-state index >= 15 is 0 Å². The van der Waals surface area contributed by atoms with Crippen LogP contribution in [-0.2, 0) is 14.6 Å². The standard InChI is InChI=1S/C22H24N2O6S/c25-21(23-16-9-12-31(27,28)14-16)18-5-6-19(24-22(18)26)17-3-1-2-4-20(17)30-13-15-7-10-29-11-8-15/h1-6,9,12,15-16H,7-8,10-11,13-14H2,(H,23,25)(H,24,26)/t16-/m1/s1. The van der Waals surface area contributed by atoms with Gasteiger partial charge >= 0.3 is 0 Å². The number of carbonyl (C=O) groups is 1. The molecule has 164 valence electrons. The summed E-state index contributed by atoms with van der Waals surface area (Å²) < 4.78 is 34.4. The van der Waals surface area contributed by atoms with Gasteiger partial charge in [-0.2, -0.15) is 0 Å². The molecule has 1 atom stereocenters. The normalized spacial score (nSPS) is 20.5. The predicted molar refractivity (Wildman–Crippen MR) is 116 cm³/mol. The zero-order chi connectivity index (χ0) is 21.8. The maximum Gasteiger partial charge on any atom is 0.261 e. The number of H-pyrrole nitrogens is 1. The molecule has 0 saturated carbocycles. The average Bonchev–Trinajstić information content (AvgIpc) is 3.11. The molecule has 9 heteroatoms. The van der Waals surface area contributed by atoms with Crippen molar-refractivity contribution in [2.45, 2.75) is 18.9 Å². The molecule has 31 heavy (non-hydrogen) atoms. The van der Waals surface area contributed by atoms with Crippen molar-refractivity contribution < 1.29 is 22.7 Å². The monoisotopic (exact) mass is 444 g/mol. The van der Waals surface area contributed by atoms with Gasteiger partial charge in [-0.15, -0.1) is 0 Å². The summed E-state index contributed by atoms with van der Waals surface area (Å²) in [6, 6.07) is 9.85. The first kappa shape index (κ1) is 21.3. The molecule has 2 aromatic rings. The van der Waals surface area contributed by atoms with E-state index < -0.39 is 27.3 Å². The fourth-order valence-corrected chi connectivity index (χ4v) is 4.89. The van der Waals surface area contributed by atoms with Gasteiger partial charge in [-0.1, -0.05) is 12.1 Å². The van der Waals surface area contributed by atoms with Crippen molar-refractivity contribution in [3.63, 3.8) is 0 Å². The van der Waals surface area contributed by atoms with Crippen molar-refractivity contribution in [1.82, 2.24) is 10.3 Å². The van der Waals surface area contributed by atoms with E-state index in [1.54, 1.807) is 6.07 Å². The van der Waals surface area contributed by atoms with Gasteiger partial charge < -0.3 is 19.8 Å². The van der Waals surface area contributed by atoms with E-state index in [0.717, 1.165) is 37.0 Å². The molecule has 0 aliphatic carbocycles. The van der Waals surface area contributed by atoms with Crippen molar-refractivity contribution in [3.05, 3.63) is 63.8 Å². The van der Waals surface area contributed by atoms with E-state index in [1.165, 1.54) is 12.1 Å². The fourth-order valence-electron chi connectivity index (χ4n) is 3.66. The minimum absolute atomic E-state index is 0.0814. The molecule has 2 aliphatic heterocycles. The van der Waals surface area contributed by atoms with Gasteiger partial charge in [-0.3, -0.25) is 9.59 Å². The van der Waals surface area contributed by atoms with E-state index in [0.29, 0.717) is 24.0 Å². The molecule has 3 heterocycles. The number of hydrogen-bond donors (Lipinski definition) is 2. The van der Waals surface area contributed by atoms with Crippen LogP contribution in [-0.4, -0.2) is 50.9 Å². The molecule has 1 fully saturated rings. The number of ether oxygens (including phenoxy) is 2. The van der Waals surface area contributed by atoms with Crippen LogP contribution >= 0.6 is 0 Å². The Hall–Kier alpha value is -2.91. The number of hydrogen-bond acceptors (Lipinski definition) is 6. The summed E-state index contributed by atoms with van der Waals surface area (Å²) in [6.45, 7) is 2.06. The van der Waals surface area contributed by atoms with Crippen molar-refractivity contribution in [1.29, 1.82) is 0 Å². The molecular formula is C22H24N2O6S. The molecule has 2 N–H and O–H groups in total. The van der Waals surface area contributed by atoms with E-state index in [-0.39, 0.29) is 11.3 Å². The number of amides is 1. The summed E-state index contributed by atoms with van der Waals surface area (Å²) in [7, 11) is -3.30. The third-order valence-electron chi connectivity index (χ3n) is 5.39. The number of benzene rings is 1. The van der Waals surface area contributed by atoms with Gasteiger partial charge in [0.2, 0.25) is 0 Å². The van der Waals surface area contributed by atoms with Crippen LogP contribution in [0.15, 0.2) is 52.7 Å². The van der Waals surface area contributed by atoms with Crippen LogP contribution in [0.5, 0.6) is 5.75 Å². The van der Waals surface area contributed by atoms with Crippen LogP contribution in [0, 0.1) is 5.92 Å². The summed E-state index contributed by atoms with van der Waals surface area (Å²) in [6.07, 6.45) is 3.32. The lowest BCUT2D eigenvalue weighted by Crippen LogP contribution is -2.38. The molecule has 0 unspecified atom stereocenters. The predicted octanol–water partition coefficient (Wildman–Crippen LogP) is 1.89. The summed E-state index contributed by atoms with van der Waals surface area (Å²) in [5, 5.41) is 3.63. The molecule has 1 aromatic carbocycles. The molecule has 1 amide bonds. The minimum atomic E-state index is -3.30. The van der Waals surface area contributed by atoms with Crippen molar-refractivity contribution in [2.24, 2.45) is 5.92 Å². The molecule has 2 aliphatic rings. The van der Waals surface area contributed by atoms with Crippen molar-refractivity contribution in [3.8, 4) is 17.0 Å². The molecule has 0 spiro atoms. The molecule has 4 rings (SSSR count). The molecule has 1 aromatic heterocycles. The number of aromatic amines is 1. The second kappa shape index (κ2) is 9.07. The summed E-state index contributed by atoms with van der Waals surface area (Å²) in [4.78, 5) is 27.7. The summed E-state index contributed by atoms with van der Waals surface area (Å²) in [5.74, 6) is 0.263. The first-order valence-electron chi connectivity index (χ1n) is 10.2. The van der Waals surface area contributed by atoms with Gasteiger partial charge in [0.25, 0.3) is 11.5 Å². The van der Waals surface area contributed by atoms with Crippen LogP contribution in [0.4, 0.5) is 0 Å². The van der Waals surface area contributed by atoms with Crippen LogP contribution < -0.4 is 15.6 Å². The van der Waals surface area contributed by atoms with Crippen LogP contribution in [0.3, 0.4) is 0 Å². The summed E-state index contributed by atoms with van der Waals surface area (Å²) >= 11 is 0. The zero-order valence-corrected chi connectivity index (χ0v) is 17.7. The second-order valence-corrected chi connectivity index (χ2v) is 9.65. The molecule has 8 nitrogen and oxygen atoms in total. The van der Waals surface area contributed by atoms with Gasteiger partial charge in [0.1, 0.15) is 11.3 Å². The average molecular weight is 445 g/mol. The van der Waals surface area contributed by atoms with Crippen molar-refractivity contribution >= 4 is 15.7 Å². The Morgan fingerprint density at radius 3 is 2.65 bits per heavy atom. The number of nitrogens with one attached hydrogen (secondary N) is 2. The number of rotatable bonds is 6. The number of pyridine rings is 1. The highest BCUT2D eigenvalue weighted by Crippen LogP contribution is 2.29. The lowest BCUT2D eigenvalue weighted by molar-refractivity contribution is 0.0498. The topological polar surface area (TPSA) is 115 Å². The third kappa shape index (κ3) is 5.23. The first-order valence-corrected chi connectivity index (χ1v) is 11.9. The highest BCUT2D eigenvalue weighted by molar-refractivity contribution is 7.94. The van der Waals surface area contributed by atoms with Gasteiger partial charge in [-0.25, -0.2) is 8.42 Å². The third-order valence-corrected chi connectivity index (χ3v) is 6.79. The Kier molecular flexibility index (Phi) is 6.24. The number of para-hydroxylation sites is 1. The number of carbonyl (C=O) groups excluding carboxylic acids is 1. The van der Waals surface area contributed by atoms with Crippen LogP contribution in [0.1, 0.15) is 23.2 Å². The SMILES string of the molecule is O=C(N[C@@H]1C=CS(=O)(=O)C1)c1ccc(-c2ccccc2OCC2CCOCC2)[nH]c1=O. The van der Waals surface area contributed by atoms with E-state index in [1.807, 2.05) is 24.3 Å². The Bertz CT molecular complexity index is 1150.